The second kappa shape index (κ2) is 6.47. The number of ether oxygens (including phenoxy) is 1. The third-order valence-corrected chi connectivity index (χ3v) is 2.22. The average molecular weight is 252 g/mol. The molecule has 1 heterocycles. The minimum absolute atomic E-state index is 0.00738. The normalized spacial score (nSPS) is 13.1. The molecule has 0 saturated heterocycles. The van der Waals surface area contributed by atoms with Gasteiger partial charge in [0.2, 0.25) is 5.91 Å². The third kappa shape index (κ3) is 5.75. The Morgan fingerprint density at radius 2 is 2.06 bits per heavy atom. The van der Waals surface area contributed by atoms with Gasteiger partial charge in [0, 0.05) is 18.9 Å². The van der Waals surface area contributed by atoms with Crippen molar-refractivity contribution >= 4 is 5.91 Å². The van der Waals surface area contributed by atoms with E-state index in [1.54, 1.807) is 24.5 Å². The van der Waals surface area contributed by atoms with Gasteiger partial charge in [0.15, 0.2) is 0 Å². The van der Waals surface area contributed by atoms with Gasteiger partial charge in [0.25, 0.3) is 0 Å². The molecule has 1 aromatic heterocycles. The summed E-state index contributed by atoms with van der Waals surface area (Å²) in [6.07, 6.45) is 2.47. The zero-order valence-electron chi connectivity index (χ0n) is 11.0. The van der Waals surface area contributed by atoms with Gasteiger partial charge in [-0.25, -0.2) is 0 Å². The first-order chi connectivity index (χ1) is 8.38. The van der Waals surface area contributed by atoms with Crippen LogP contribution in [0.5, 0.6) is 0 Å². The number of rotatable bonds is 5. The molecule has 0 fully saturated rings. The van der Waals surface area contributed by atoms with Crippen LogP contribution in [0.3, 0.4) is 0 Å². The number of aromatic nitrogens is 1. The van der Waals surface area contributed by atoms with Gasteiger partial charge in [-0.2, -0.15) is 0 Å². The number of nitrogens with one attached hydrogen (secondary N) is 1. The van der Waals surface area contributed by atoms with Gasteiger partial charge in [0.05, 0.1) is 11.7 Å². The maximum atomic E-state index is 11.5. The Bertz CT molecular complexity index is 374. The largest absolute Gasteiger partial charge is 0.387 e. The van der Waals surface area contributed by atoms with E-state index < -0.39 is 6.10 Å². The second-order valence-corrected chi connectivity index (χ2v) is 5.00. The van der Waals surface area contributed by atoms with Crippen LogP contribution in [0.15, 0.2) is 24.5 Å². The molecule has 0 aliphatic rings. The van der Waals surface area contributed by atoms with Crippen LogP contribution >= 0.6 is 0 Å². The summed E-state index contributed by atoms with van der Waals surface area (Å²) >= 11 is 0. The molecule has 2 N–H and O–H groups in total. The molecule has 0 bridgehead atoms. The molecule has 0 aliphatic heterocycles. The molecular weight excluding hydrogens is 232 g/mol. The fraction of sp³-hybridized carbons (Fsp3) is 0.538. The summed E-state index contributed by atoms with van der Waals surface area (Å²) in [7, 11) is 0. The number of aliphatic hydroxyl groups excluding tert-OH is 1. The summed E-state index contributed by atoms with van der Waals surface area (Å²) in [6.45, 7) is 5.80. The van der Waals surface area contributed by atoms with Gasteiger partial charge in [-0.05, 0) is 38.5 Å². The molecule has 100 valence electrons. The highest BCUT2D eigenvalue weighted by atomic mass is 16.5. The number of hydrogen-bond acceptors (Lipinski definition) is 4. The first-order valence-electron chi connectivity index (χ1n) is 5.87. The maximum Gasteiger partial charge on any atom is 0.246 e. The molecule has 5 nitrogen and oxygen atoms in total. The van der Waals surface area contributed by atoms with Gasteiger partial charge in [-0.1, -0.05) is 0 Å². The minimum atomic E-state index is -0.730. The van der Waals surface area contributed by atoms with Crippen molar-refractivity contribution in [2.45, 2.75) is 32.5 Å². The van der Waals surface area contributed by atoms with Gasteiger partial charge >= 0.3 is 0 Å². The first kappa shape index (κ1) is 14.6. The van der Waals surface area contributed by atoms with E-state index in [0.717, 1.165) is 5.56 Å². The van der Waals surface area contributed by atoms with Crippen LogP contribution in [0.2, 0.25) is 0 Å². The topological polar surface area (TPSA) is 71.5 Å². The molecule has 0 radical (unpaired) electrons. The number of pyridine rings is 1. The Labute approximate surface area is 107 Å². The highest BCUT2D eigenvalue weighted by molar-refractivity contribution is 5.77. The number of nitrogens with zero attached hydrogens (tertiary/aromatic N) is 1. The molecule has 0 spiro atoms. The van der Waals surface area contributed by atoms with E-state index >= 15 is 0 Å². The Kier molecular flexibility index (Phi) is 5.25. The van der Waals surface area contributed by atoms with Crippen LogP contribution in [-0.4, -0.2) is 34.8 Å². The van der Waals surface area contributed by atoms with Crippen molar-refractivity contribution in [3.8, 4) is 0 Å². The Morgan fingerprint density at radius 3 is 2.61 bits per heavy atom. The van der Waals surface area contributed by atoms with Crippen LogP contribution in [0.25, 0.3) is 0 Å². The molecular formula is C13H20N2O3. The molecule has 0 aromatic carbocycles. The van der Waals surface area contributed by atoms with Crippen molar-refractivity contribution < 1.29 is 14.6 Å². The van der Waals surface area contributed by atoms with E-state index in [-0.39, 0.29) is 24.7 Å². The summed E-state index contributed by atoms with van der Waals surface area (Å²) in [5.41, 5.74) is 0.378. The monoisotopic (exact) mass is 252 g/mol. The number of amides is 1. The molecule has 1 aromatic rings. The van der Waals surface area contributed by atoms with E-state index in [4.69, 9.17) is 4.74 Å². The van der Waals surface area contributed by atoms with Crippen LogP contribution in [0.1, 0.15) is 32.4 Å². The molecule has 0 aliphatic carbocycles. The smallest absolute Gasteiger partial charge is 0.246 e. The van der Waals surface area contributed by atoms with E-state index in [1.807, 2.05) is 20.8 Å². The summed E-state index contributed by atoms with van der Waals surface area (Å²) in [5.74, 6) is -0.238. The van der Waals surface area contributed by atoms with Gasteiger partial charge in [0.1, 0.15) is 6.61 Å². The van der Waals surface area contributed by atoms with Crippen LogP contribution in [0.4, 0.5) is 0 Å². The Morgan fingerprint density at radius 1 is 1.44 bits per heavy atom. The lowest BCUT2D eigenvalue weighted by Crippen LogP contribution is -2.34. The third-order valence-electron chi connectivity index (χ3n) is 2.22. The van der Waals surface area contributed by atoms with Crippen molar-refractivity contribution in [1.29, 1.82) is 0 Å². The molecule has 1 rings (SSSR count). The van der Waals surface area contributed by atoms with Gasteiger partial charge in [-0.3, -0.25) is 9.78 Å². The van der Waals surface area contributed by atoms with Gasteiger partial charge in [-0.15, -0.1) is 0 Å². The van der Waals surface area contributed by atoms with Crippen LogP contribution in [0, 0.1) is 0 Å². The molecule has 1 unspecified atom stereocenters. The zero-order chi connectivity index (χ0) is 13.6. The number of carbonyl (C=O) groups excluding carboxylic acids is 1. The maximum absolute atomic E-state index is 11.5. The lowest BCUT2D eigenvalue weighted by Gasteiger charge is -2.19. The number of hydrogen-bond donors (Lipinski definition) is 2. The Hall–Kier alpha value is -1.46. The molecule has 18 heavy (non-hydrogen) atoms. The predicted molar refractivity (Wildman–Crippen MR) is 67.9 cm³/mol. The summed E-state index contributed by atoms with van der Waals surface area (Å²) in [5, 5.41) is 12.4. The summed E-state index contributed by atoms with van der Waals surface area (Å²) in [6, 6.07) is 3.42. The number of carbonyl (C=O) groups is 1. The highest BCUT2D eigenvalue weighted by Gasteiger charge is 2.14. The zero-order valence-corrected chi connectivity index (χ0v) is 11.0. The quantitative estimate of drug-likeness (QED) is 0.821. The summed E-state index contributed by atoms with van der Waals surface area (Å²) in [4.78, 5) is 15.3. The minimum Gasteiger partial charge on any atom is -0.387 e. The Balaban J connectivity index is 2.31. The van der Waals surface area contributed by atoms with Crippen molar-refractivity contribution in [3.63, 3.8) is 0 Å². The molecule has 5 heteroatoms. The SMILES string of the molecule is CC(C)(C)OCC(=O)NCC(O)c1ccncc1. The predicted octanol–water partition coefficient (Wildman–Crippen LogP) is 1.05. The molecule has 1 amide bonds. The average Bonchev–Trinajstić information content (AvgIpc) is 2.33. The lowest BCUT2D eigenvalue weighted by atomic mass is 10.1. The van der Waals surface area contributed by atoms with Crippen molar-refractivity contribution in [1.82, 2.24) is 10.3 Å². The molecule has 1 atom stereocenters. The van der Waals surface area contributed by atoms with E-state index in [9.17, 15) is 9.90 Å². The van der Waals surface area contributed by atoms with Crippen molar-refractivity contribution in [3.05, 3.63) is 30.1 Å². The fourth-order valence-electron chi connectivity index (χ4n) is 1.25. The van der Waals surface area contributed by atoms with E-state index in [2.05, 4.69) is 10.3 Å². The fourth-order valence-corrected chi connectivity index (χ4v) is 1.25. The lowest BCUT2D eigenvalue weighted by molar-refractivity contribution is -0.131. The highest BCUT2D eigenvalue weighted by Crippen LogP contribution is 2.09. The second-order valence-electron chi connectivity index (χ2n) is 5.00. The van der Waals surface area contributed by atoms with Crippen LogP contribution < -0.4 is 5.32 Å². The van der Waals surface area contributed by atoms with E-state index in [0.29, 0.717) is 0 Å². The summed E-state index contributed by atoms with van der Waals surface area (Å²) < 4.78 is 5.33. The standard InChI is InChI=1S/C13H20N2O3/c1-13(2,3)18-9-12(17)15-8-11(16)10-4-6-14-7-5-10/h4-7,11,16H,8-9H2,1-3H3,(H,15,17). The van der Waals surface area contributed by atoms with Crippen molar-refractivity contribution in [2.75, 3.05) is 13.2 Å². The van der Waals surface area contributed by atoms with Crippen LogP contribution in [-0.2, 0) is 9.53 Å². The first-order valence-corrected chi connectivity index (χ1v) is 5.87. The van der Waals surface area contributed by atoms with E-state index in [1.165, 1.54) is 0 Å². The molecule has 0 saturated carbocycles. The van der Waals surface area contributed by atoms with Crippen molar-refractivity contribution in [2.24, 2.45) is 0 Å². The van der Waals surface area contributed by atoms with Gasteiger partial charge < -0.3 is 15.2 Å². The number of aliphatic hydroxyl groups is 1.